The molecule has 0 aliphatic rings. The highest BCUT2D eigenvalue weighted by atomic mass is 16.4. The van der Waals surface area contributed by atoms with Crippen LogP contribution in [0, 0.1) is 0 Å². The summed E-state index contributed by atoms with van der Waals surface area (Å²) in [4.78, 5) is 36.6. The molecule has 3 N–H and O–H groups in total. The van der Waals surface area contributed by atoms with Crippen LogP contribution in [-0.4, -0.2) is 28.9 Å². The first kappa shape index (κ1) is 20.8. The summed E-state index contributed by atoms with van der Waals surface area (Å²) in [6.45, 7) is 3.76. The van der Waals surface area contributed by atoms with Gasteiger partial charge in [-0.05, 0) is 61.4 Å². The summed E-state index contributed by atoms with van der Waals surface area (Å²) in [7, 11) is 0. The molecule has 0 bridgehead atoms. The molecule has 2 amide bonds. The van der Waals surface area contributed by atoms with E-state index in [9.17, 15) is 19.5 Å². The number of anilines is 1. The molecule has 0 saturated carbocycles. The molecule has 152 valence electrons. The molecule has 0 atom stereocenters. The van der Waals surface area contributed by atoms with Gasteiger partial charge in [-0.25, -0.2) is 4.79 Å². The molecule has 3 rings (SSSR count). The zero-order valence-corrected chi connectivity index (χ0v) is 16.7. The number of carbonyl (C=O) groups is 3. The van der Waals surface area contributed by atoms with Gasteiger partial charge in [-0.15, -0.1) is 0 Å². The van der Waals surface area contributed by atoms with Gasteiger partial charge in [-0.3, -0.25) is 9.59 Å². The monoisotopic (exact) mass is 402 g/mol. The van der Waals surface area contributed by atoms with Gasteiger partial charge in [0.1, 0.15) is 0 Å². The van der Waals surface area contributed by atoms with Gasteiger partial charge in [0.05, 0.1) is 5.56 Å². The lowest BCUT2D eigenvalue weighted by Crippen LogP contribution is -2.30. The summed E-state index contributed by atoms with van der Waals surface area (Å²) in [6, 6.07) is 20.0. The van der Waals surface area contributed by atoms with Crippen LogP contribution in [0.25, 0.3) is 11.1 Å². The van der Waals surface area contributed by atoms with Gasteiger partial charge in [0.2, 0.25) is 0 Å². The van der Waals surface area contributed by atoms with Gasteiger partial charge in [-0.2, -0.15) is 0 Å². The Labute approximate surface area is 174 Å². The lowest BCUT2D eigenvalue weighted by atomic mass is 9.95. The number of rotatable bonds is 6. The van der Waals surface area contributed by atoms with Crippen molar-refractivity contribution in [3.63, 3.8) is 0 Å². The maximum Gasteiger partial charge on any atom is 0.336 e. The number of carboxylic acids is 1. The van der Waals surface area contributed by atoms with E-state index >= 15 is 0 Å². The molecule has 0 aromatic heterocycles. The summed E-state index contributed by atoms with van der Waals surface area (Å²) in [5.41, 5.74) is 2.50. The Kier molecular flexibility index (Phi) is 6.27. The van der Waals surface area contributed by atoms with Crippen molar-refractivity contribution >= 4 is 23.5 Å². The van der Waals surface area contributed by atoms with Crippen LogP contribution in [0.4, 0.5) is 5.69 Å². The van der Waals surface area contributed by atoms with E-state index in [1.54, 1.807) is 66.7 Å². The number of hydrogen-bond acceptors (Lipinski definition) is 3. The van der Waals surface area contributed by atoms with E-state index in [0.717, 1.165) is 0 Å². The normalized spacial score (nSPS) is 10.5. The topological polar surface area (TPSA) is 95.5 Å². The summed E-state index contributed by atoms with van der Waals surface area (Å²) in [5.74, 6) is -1.61. The highest BCUT2D eigenvalue weighted by molar-refractivity contribution is 6.10. The van der Waals surface area contributed by atoms with Crippen molar-refractivity contribution in [1.82, 2.24) is 5.32 Å². The summed E-state index contributed by atoms with van der Waals surface area (Å²) in [5, 5.41) is 15.1. The number of carboxylic acid groups (broad SMARTS) is 1. The molecule has 0 aliphatic carbocycles. The number of hydrogen-bond donors (Lipinski definition) is 3. The summed E-state index contributed by atoms with van der Waals surface area (Å²) in [6.07, 6.45) is 0. The van der Waals surface area contributed by atoms with Gasteiger partial charge >= 0.3 is 5.97 Å². The molecular weight excluding hydrogens is 380 g/mol. The Balaban J connectivity index is 1.86. The third-order valence-electron chi connectivity index (χ3n) is 4.44. The Morgan fingerprint density at radius 3 is 1.83 bits per heavy atom. The molecule has 0 aliphatic heterocycles. The van der Waals surface area contributed by atoms with Crippen LogP contribution < -0.4 is 10.6 Å². The number of amides is 2. The minimum absolute atomic E-state index is 0.0297. The predicted octanol–water partition coefficient (Wildman–Crippen LogP) is 4.44. The van der Waals surface area contributed by atoms with Crippen LogP contribution >= 0.6 is 0 Å². The molecule has 3 aromatic rings. The molecule has 0 spiro atoms. The zero-order valence-electron chi connectivity index (χ0n) is 16.7. The fourth-order valence-electron chi connectivity index (χ4n) is 3.07. The van der Waals surface area contributed by atoms with Crippen molar-refractivity contribution in [3.8, 4) is 11.1 Å². The van der Waals surface area contributed by atoms with Crippen molar-refractivity contribution in [2.45, 2.75) is 19.9 Å². The second kappa shape index (κ2) is 9.05. The third kappa shape index (κ3) is 4.72. The molecule has 0 fully saturated rings. The quantitative estimate of drug-likeness (QED) is 0.568. The molecule has 0 radical (unpaired) electrons. The van der Waals surface area contributed by atoms with E-state index in [2.05, 4.69) is 10.6 Å². The lowest BCUT2D eigenvalue weighted by Gasteiger charge is -2.13. The van der Waals surface area contributed by atoms with Crippen LogP contribution in [-0.2, 0) is 0 Å². The average molecular weight is 402 g/mol. The van der Waals surface area contributed by atoms with Gasteiger partial charge in [0.15, 0.2) is 0 Å². The molecule has 3 aromatic carbocycles. The molecule has 6 nitrogen and oxygen atoms in total. The van der Waals surface area contributed by atoms with Crippen LogP contribution in [0.3, 0.4) is 0 Å². The van der Waals surface area contributed by atoms with Crippen LogP contribution in [0.15, 0.2) is 72.8 Å². The van der Waals surface area contributed by atoms with E-state index in [1.165, 1.54) is 6.07 Å². The lowest BCUT2D eigenvalue weighted by molar-refractivity contribution is 0.0697. The SMILES string of the molecule is CC(C)NC(=O)c1ccc(NC(=O)c2ccccc2-c2ccccc2C(=O)O)cc1. The Bertz CT molecular complexity index is 1090. The summed E-state index contributed by atoms with van der Waals surface area (Å²) >= 11 is 0. The van der Waals surface area contributed by atoms with E-state index in [1.807, 2.05) is 13.8 Å². The number of nitrogens with one attached hydrogen (secondary N) is 2. The van der Waals surface area contributed by atoms with Crippen molar-refractivity contribution in [1.29, 1.82) is 0 Å². The van der Waals surface area contributed by atoms with Crippen LogP contribution in [0.5, 0.6) is 0 Å². The highest BCUT2D eigenvalue weighted by Gasteiger charge is 2.17. The number of aromatic carboxylic acids is 1. The Morgan fingerprint density at radius 2 is 1.27 bits per heavy atom. The van der Waals surface area contributed by atoms with E-state index in [0.29, 0.717) is 27.9 Å². The van der Waals surface area contributed by atoms with Crippen molar-refractivity contribution in [2.75, 3.05) is 5.32 Å². The largest absolute Gasteiger partial charge is 0.478 e. The van der Waals surface area contributed by atoms with Gasteiger partial charge < -0.3 is 15.7 Å². The molecule has 0 heterocycles. The van der Waals surface area contributed by atoms with Gasteiger partial charge in [0.25, 0.3) is 11.8 Å². The second-order valence-corrected chi connectivity index (χ2v) is 7.06. The Hall–Kier alpha value is -3.93. The predicted molar refractivity (Wildman–Crippen MR) is 116 cm³/mol. The Morgan fingerprint density at radius 1 is 0.733 bits per heavy atom. The molecule has 0 saturated heterocycles. The molecule has 30 heavy (non-hydrogen) atoms. The van der Waals surface area contributed by atoms with Crippen molar-refractivity contribution < 1.29 is 19.5 Å². The van der Waals surface area contributed by atoms with Gasteiger partial charge in [-0.1, -0.05) is 36.4 Å². The molecular formula is C24H22N2O4. The standard InChI is InChI=1S/C24H22N2O4/c1-15(2)25-22(27)16-11-13-17(14-12-16)26-23(28)20-9-5-3-7-18(20)19-8-4-6-10-21(19)24(29)30/h3-15H,1-2H3,(H,25,27)(H,26,28)(H,29,30). The number of carbonyl (C=O) groups excluding carboxylic acids is 2. The van der Waals surface area contributed by atoms with Crippen molar-refractivity contribution in [3.05, 3.63) is 89.5 Å². The first-order valence-electron chi connectivity index (χ1n) is 9.51. The van der Waals surface area contributed by atoms with Gasteiger partial charge in [0, 0.05) is 22.9 Å². The van der Waals surface area contributed by atoms with E-state index < -0.39 is 5.97 Å². The van der Waals surface area contributed by atoms with Crippen LogP contribution in [0.2, 0.25) is 0 Å². The van der Waals surface area contributed by atoms with Crippen molar-refractivity contribution in [2.24, 2.45) is 0 Å². The maximum atomic E-state index is 12.9. The molecule has 6 heteroatoms. The minimum atomic E-state index is -1.06. The summed E-state index contributed by atoms with van der Waals surface area (Å²) < 4.78 is 0. The fraction of sp³-hybridized carbons (Fsp3) is 0.125. The smallest absolute Gasteiger partial charge is 0.336 e. The van der Waals surface area contributed by atoms with Crippen LogP contribution in [0.1, 0.15) is 44.9 Å². The zero-order chi connectivity index (χ0) is 21.7. The van der Waals surface area contributed by atoms with E-state index in [4.69, 9.17) is 0 Å². The highest BCUT2D eigenvalue weighted by Crippen LogP contribution is 2.28. The third-order valence-corrected chi connectivity index (χ3v) is 4.44. The average Bonchev–Trinajstić information content (AvgIpc) is 2.73. The molecule has 0 unspecified atom stereocenters. The minimum Gasteiger partial charge on any atom is -0.478 e. The van der Waals surface area contributed by atoms with E-state index in [-0.39, 0.29) is 23.4 Å². The first-order valence-corrected chi connectivity index (χ1v) is 9.51. The fourth-order valence-corrected chi connectivity index (χ4v) is 3.07. The number of benzene rings is 3. The maximum absolute atomic E-state index is 12.9. The first-order chi connectivity index (χ1) is 14.4. The second-order valence-electron chi connectivity index (χ2n) is 7.06.